The van der Waals surface area contributed by atoms with Crippen LogP contribution in [0.25, 0.3) is 11.2 Å². The third kappa shape index (κ3) is 1.23. The van der Waals surface area contributed by atoms with Crippen molar-refractivity contribution in [3.63, 3.8) is 0 Å². The predicted octanol–water partition coefficient (Wildman–Crippen LogP) is 1.97. The number of pyridine rings is 1. The summed E-state index contributed by atoms with van der Waals surface area (Å²) < 4.78 is 0.949. The molecule has 4 heteroatoms. The maximum atomic E-state index is 9.39. The third-order valence-corrected chi connectivity index (χ3v) is 2.23. The van der Waals surface area contributed by atoms with E-state index in [1.165, 1.54) is 6.33 Å². The summed E-state index contributed by atoms with van der Waals surface area (Å²) in [6.07, 6.45) is 3.06. The lowest BCUT2D eigenvalue weighted by molar-refractivity contribution is 0.196. The van der Waals surface area contributed by atoms with Crippen LogP contribution < -0.4 is 0 Å². The lowest BCUT2D eigenvalue weighted by atomic mass is 9.87. The minimum atomic E-state index is 0.00947. The summed E-state index contributed by atoms with van der Waals surface area (Å²) in [5, 5.41) is 9.39. The Balaban J connectivity index is 2.79. The zero-order valence-corrected chi connectivity index (χ0v) is 8.52. The van der Waals surface area contributed by atoms with Crippen molar-refractivity contribution in [1.82, 2.24) is 14.7 Å². The number of imidazole rings is 1. The summed E-state index contributed by atoms with van der Waals surface area (Å²) in [5.74, 6) is 0. The second-order valence-corrected chi connectivity index (χ2v) is 4.37. The van der Waals surface area contributed by atoms with Crippen molar-refractivity contribution >= 4 is 11.2 Å². The number of rotatable bonds is 0. The molecule has 0 bridgehead atoms. The van der Waals surface area contributed by atoms with Crippen LogP contribution in [0.4, 0.5) is 0 Å². The highest BCUT2D eigenvalue weighted by Gasteiger charge is 2.19. The van der Waals surface area contributed by atoms with Gasteiger partial charge in [0.15, 0.2) is 5.65 Å². The minimum absolute atomic E-state index is 0.00947. The molecule has 0 saturated heterocycles. The van der Waals surface area contributed by atoms with E-state index in [0.29, 0.717) is 5.65 Å². The fourth-order valence-electron chi connectivity index (χ4n) is 1.51. The number of hydrogen-bond acceptors (Lipinski definition) is 3. The van der Waals surface area contributed by atoms with Gasteiger partial charge in [-0.15, -0.1) is 0 Å². The zero-order chi connectivity index (χ0) is 10.3. The molecule has 0 aliphatic heterocycles. The standard InChI is InChI=1S/C10H13N3O/c1-10(2,3)7-4-5-11-9-8(7)12-6-13(9)14/h4-6,14H,1-3H3. The van der Waals surface area contributed by atoms with E-state index in [1.54, 1.807) is 6.20 Å². The number of hydrogen-bond donors (Lipinski definition) is 1. The van der Waals surface area contributed by atoms with Crippen molar-refractivity contribution in [2.24, 2.45) is 0 Å². The molecule has 2 heterocycles. The average molecular weight is 191 g/mol. The number of aromatic nitrogens is 3. The first-order valence-electron chi connectivity index (χ1n) is 4.52. The topological polar surface area (TPSA) is 50.9 Å². The molecule has 14 heavy (non-hydrogen) atoms. The van der Waals surface area contributed by atoms with E-state index in [0.717, 1.165) is 15.8 Å². The van der Waals surface area contributed by atoms with Crippen LogP contribution in [-0.4, -0.2) is 19.9 Å². The van der Waals surface area contributed by atoms with Crippen LogP contribution in [-0.2, 0) is 5.41 Å². The largest absolute Gasteiger partial charge is 0.425 e. The second kappa shape index (κ2) is 2.70. The lowest BCUT2D eigenvalue weighted by Gasteiger charge is -2.18. The molecule has 0 fully saturated rings. The van der Waals surface area contributed by atoms with E-state index in [1.807, 2.05) is 6.07 Å². The van der Waals surface area contributed by atoms with Crippen LogP contribution in [0.2, 0.25) is 0 Å². The summed E-state index contributed by atoms with van der Waals surface area (Å²) in [4.78, 5) is 8.20. The van der Waals surface area contributed by atoms with Crippen LogP contribution in [0.1, 0.15) is 26.3 Å². The van der Waals surface area contributed by atoms with Gasteiger partial charge in [-0.1, -0.05) is 20.8 Å². The molecule has 0 aliphatic carbocycles. The van der Waals surface area contributed by atoms with E-state index in [9.17, 15) is 5.21 Å². The Labute approximate surface area is 82.2 Å². The van der Waals surface area contributed by atoms with Crippen LogP contribution in [0.15, 0.2) is 18.6 Å². The van der Waals surface area contributed by atoms with Gasteiger partial charge in [0.05, 0.1) is 0 Å². The molecule has 0 spiro atoms. The Bertz CT molecular complexity index is 468. The molecule has 2 aromatic heterocycles. The van der Waals surface area contributed by atoms with Gasteiger partial charge in [0, 0.05) is 6.20 Å². The fraction of sp³-hybridized carbons (Fsp3) is 0.400. The van der Waals surface area contributed by atoms with Crippen molar-refractivity contribution in [2.75, 3.05) is 0 Å². The third-order valence-electron chi connectivity index (χ3n) is 2.23. The Morgan fingerprint density at radius 2 is 2.00 bits per heavy atom. The lowest BCUT2D eigenvalue weighted by Crippen LogP contribution is -2.12. The normalized spacial score (nSPS) is 12.2. The molecular weight excluding hydrogens is 178 g/mol. The molecule has 0 saturated carbocycles. The molecule has 4 nitrogen and oxygen atoms in total. The highest BCUT2D eigenvalue weighted by atomic mass is 16.5. The molecule has 0 amide bonds. The smallest absolute Gasteiger partial charge is 0.195 e. The predicted molar refractivity (Wildman–Crippen MR) is 53.4 cm³/mol. The molecule has 0 radical (unpaired) electrons. The van der Waals surface area contributed by atoms with E-state index < -0.39 is 0 Å². The Hall–Kier alpha value is -1.58. The van der Waals surface area contributed by atoms with Gasteiger partial charge in [0.2, 0.25) is 0 Å². The highest BCUT2D eigenvalue weighted by molar-refractivity contribution is 5.75. The maximum absolute atomic E-state index is 9.39. The molecule has 2 aromatic rings. The molecular formula is C10H13N3O. The van der Waals surface area contributed by atoms with Gasteiger partial charge < -0.3 is 5.21 Å². The number of fused-ring (bicyclic) bond motifs is 1. The Morgan fingerprint density at radius 3 is 2.64 bits per heavy atom. The average Bonchev–Trinajstić information content (AvgIpc) is 2.46. The summed E-state index contributed by atoms with van der Waals surface area (Å²) in [5.41, 5.74) is 2.38. The zero-order valence-electron chi connectivity index (χ0n) is 8.52. The van der Waals surface area contributed by atoms with E-state index in [4.69, 9.17) is 0 Å². The molecule has 0 aliphatic rings. The van der Waals surface area contributed by atoms with Crippen molar-refractivity contribution in [2.45, 2.75) is 26.2 Å². The fourth-order valence-corrected chi connectivity index (χ4v) is 1.51. The van der Waals surface area contributed by atoms with Gasteiger partial charge in [-0.05, 0) is 17.0 Å². The van der Waals surface area contributed by atoms with Gasteiger partial charge in [0.1, 0.15) is 11.8 Å². The Kier molecular flexibility index (Phi) is 1.74. The summed E-state index contributed by atoms with van der Waals surface area (Å²) in [6, 6.07) is 1.94. The quantitative estimate of drug-likeness (QED) is 0.648. The SMILES string of the molecule is CC(C)(C)c1ccnc2c1ncn2O. The van der Waals surface area contributed by atoms with Crippen LogP contribution in [0.5, 0.6) is 0 Å². The molecule has 2 rings (SSSR count). The molecule has 74 valence electrons. The van der Waals surface area contributed by atoms with Crippen molar-refractivity contribution in [3.8, 4) is 0 Å². The molecule has 0 aromatic carbocycles. The summed E-state index contributed by atoms with van der Waals surface area (Å²) in [6.45, 7) is 6.33. The molecule has 0 unspecified atom stereocenters. The van der Waals surface area contributed by atoms with E-state index >= 15 is 0 Å². The van der Waals surface area contributed by atoms with Gasteiger partial charge in [-0.25, -0.2) is 9.97 Å². The molecule has 0 atom stereocenters. The van der Waals surface area contributed by atoms with Gasteiger partial charge in [0.25, 0.3) is 0 Å². The van der Waals surface area contributed by atoms with Crippen LogP contribution in [0, 0.1) is 0 Å². The first-order chi connectivity index (χ1) is 6.50. The molecule has 1 N–H and O–H groups in total. The van der Waals surface area contributed by atoms with E-state index in [-0.39, 0.29) is 5.41 Å². The van der Waals surface area contributed by atoms with Gasteiger partial charge >= 0.3 is 0 Å². The summed E-state index contributed by atoms with van der Waals surface area (Å²) in [7, 11) is 0. The van der Waals surface area contributed by atoms with Crippen molar-refractivity contribution < 1.29 is 5.21 Å². The first kappa shape index (κ1) is 8.99. The maximum Gasteiger partial charge on any atom is 0.195 e. The number of nitrogens with zero attached hydrogens (tertiary/aromatic N) is 3. The Morgan fingerprint density at radius 1 is 1.29 bits per heavy atom. The van der Waals surface area contributed by atoms with Gasteiger partial charge in [-0.3, -0.25) is 0 Å². The van der Waals surface area contributed by atoms with E-state index in [2.05, 4.69) is 30.7 Å². The minimum Gasteiger partial charge on any atom is -0.425 e. The highest BCUT2D eigenvalue weighted by Crippen LogP contribution is 2.27. The van der Waals surface area contributed by atoms with Crippen molar-refractivity contribution in [3.05, 3.63) is 24.2 Å². The van der Waals surface area contributed by atoms with Crippen molar-refractivity contribution in [1.29, 1.82) is 0 Å². The van der Waals surface area contributed by atoms with Gasteiger partial charge in [-0.2, -0.15) is 4.73 Å². The van der Waals surface area contributed by atoms with Crippen LogP contribution in [0.3, 0.4) is 0 Å². The summed E-state index contributed by atoms with van der Waals surface area (Å²) >= 11 is 0. The monoisotopic (exact) mass is 191 g/mol. The van der Waals surface area contributed by atoms with Crippen LogP contribution >= 0.6 is 0 Å². The second-order valence-electron chi connectivity index (χ2n) is 4.37. The first-order valence-corrected chi connectivity index (χ1v) is 4.52.